The first-order valence-electron chi connectivity index (χ1n) is 26.1. The molecule has 2 aliphatic rings. The summed E-state index contributed by atoms with van der Waals surface area (Å²) in [5.41, 5.74) is 21.4. The molecule has 0 bridgehead atoms. The van der Waals surface area contributed by atoms with E-state index >= 15 is 0 Å². The van der Waals surface area contributed by atoms with Gasteiger partial charge in [-0.1, -0.05) is 204 Å². The Balaban J connectivity index is 1.05. The number of para-hydroxylation sites is 2. The second kappa shape index (κ2) is 16.1. The molecule has 15 rings (SSSR count). The molecule has 10 aromatic carbocycles. The van der Waals surface area contributed by atoms with Crippen molar-refractivity contribution >= 4 is 43.6 Å². The van der Waals surface area contributed by atoms with Gasteiger partial charge in [0.25, 0.3) is 0 Å². The van der Waals surface area contributed by atoms with Crippen molar-refractivity contribution in [2.75, 3.05) is 0 Å². The van der Waals surface area contributed by atoms with Gasteiger partial charge in [0, 0.05) is 60.2 Å². The van der Waals surface area contributed by atoms with Crippen molar-refractivity contribution in [2.24, 2.45) is 0 Å². The van der Waals surface area contributed by atoms with Gasteiger partial charge in [-0.25, -0.2) is 15.0 Å². The Morgan fingerprint density at radius 2 is 0.763 bits per heavy atom. The molecule has 0 unspecified atom stereocenters. The lowest BCUT2D eigenvalue weighted by Gasteiger charge is -2.23. The monoisotopic (exact) mass is 972 g/mol. The van der Waals surface area contributed by atoms with Crippen molar-refractivity contribution in [2.45, 2.75) is 38.5 Å². The van der Waals surface area contributed by atoms with E-state index in [1.165, 1.54) is 66.1 Å². The first kappa shape index (κ1) is 43.8. The van der Waals surface area contributed by atoms with Gasteiger partial charge in [-0.2, -0.15) is 5.26 Å². The van der Waals surface area contributed by atoms with Gasteiger partial charge in [-0.05, 0) is 87.0 Å². The molecule has 3 heterocycles. The Hall–Kier alpha value is -9.70. The second-order valence-corrected chi connectivity index (χ2v) is 21.4. The molecule has 0 spiro atoms. The fourth-order valence-electron chi connectivity index (χ4n) is 13.2. The summed E-state index contributed by atoms with van der Waals surface area (Å²) in [7, 11) is 0. The lowest BCUT2D eigenvalue weighted by molar-refractivity contribution is 0.666. The first-order valence-corrected chi connectivity index (χ1v) is 26.1. The van der Waals surface area contributed by atoms with Crippen molar-refractivity contribution in [1.82, 2.24) is 24.1 Å². The zero-order valence-electron chi connectivity index (χ0n) is 42.5. The van der Waals surface area contributed by atoms with E-state index in [0.717, 1.165) is 61.3 Å². The summed E-state index contributed by atoms with van der Waals surface area (Å²) < 4.78 is 4.86. The second-order valence-electron chi connectivity index (χ2n) is 21.4. The molecule has 0 radical (unpaired) electrons. The van der Waals surface area contributed by atoms with Gasteiger partial charge in [0.2, 0.25) is 0 Å². The molecule has 0 saturated heterocycles. The molecule has 0 amide bonds. The SMILES string of the molecule is CC1(C)c2ccccc2-c2ccc3c(c21)c1ccccc1n3-c1cc(C#N)ccc1-c1ccc(-c2nc(-c3ccccc3)nc(-c3ccccc3)n2)cc1-n1c2ccccc2c2c3c(ccc21)-c1ccccc1C3(C)C. The first-order chi connectivity index (χ1) is 37.2. The van der Waals surface area contributed by atoms with E-state index in [2.05, 4.69) is 195 Å². The molecule has 0 aliphatic heterocycles. The summed E-state index contributed by atoms with van der Waals surface area (Å²) >= 11 is 0. The summed E-state index contributed by atoms with van der Waals surface area (Å²) in [6.45, 7) is 9.46. The summed E-state index contributed by atoms with van der Waals surface area (Å²) in [5.74, 6) is 1.77. The highest BCUT2D eigenvalue weighted by atomic mass is 15.0. The molecule has 0 saturated carbocycles. The van der Waals surface area contributed by atoms with E-state index in [-0.39, 0.29) is 10.8 Å². The minimum Gasteiger partial charge on any atom is -0.309 e. The zero-order valence-corrected chi connectivity index (χ0v) is 42.5. The standard InChI is InChI=1S/C70H48N6/c1-69(2)54-27-15-11-23-46(54)50-35-37-58-62(64(50)69)52-25-13-17-29-56(52)75(58)60-39-42(41-71)31-33-48(60)49-34-32-45(68-73-66(43-19-7-5-8-20-43)72-67(74-68)44-21-9-6-10-22-44)40-61(49)76-57-30-18-14-26-53(57)63-59(76)38-36-51-47-24-12-16-28-55(47)70(3,4)65(51)63/h5-40H,1-4H3. The van der Waals surface area contributed by atoms with Crippen LogP contribution in [0.4, 0.5) is 0 Å². The molecule has 76 heavy (non-hydrogen) atoms. The number of aromatic nitrogens is 5. The quantitative estimate of drug-likeness (QED) is 0.166. The van der Waals surface area contributed by atoms with Crippen molar-refractivity contribution in [3.8, 4) is 85.0 Å². The summed E-state index contributed by atoms with van der Waals surface area (Å²) in [6, 6.07) is 80.3. The van der Waals surface area contributed by atoms with Crippen LogP contribution in [-0.2, 0) is 10.8 Å². The van der Waals surface area contributed by atoms with Crippen LogP contribution in [-0.4, -0.2) is 24.1 Å². The third-order valence-corrected chi connectivity index (χ3v) is 16.6. The van der Waals surface area contributed by atoms with E-state index in [1.54, 1.807) is 0 Å². The molecule has 0 atom stereocenters. The minimum absolute atomic E-state index is 0.247. The number of fused-ring (bicyclic) bond motifs is 14. The Morgan fingerprint density at radius 1 is 0.355 bits per heavy atom. The summed E-state index contributed by atoms with van der Waals surface area (Å²) in [6.07, 6.45) is 0. The molecular weight excluding hydrogens is 925 g/mol. The third-order valence-electron chi connectivity index (χ3n) is 16.6. The van der Waals surface area contributed by atoms with Gasteiger partial charge in [-0.3, -0.25) is 0 Å². The zero-order chi connectivity index (χ0) is 51.0. The Labute approximate surface area is 440 Å². The molecule has 13 aromatic rings. The van der Waals surface area contributed by atoms with E-state index in [4.69, 9.17) is 15.0 Å². The van der Waals surface area contributed by atoms with Crippen molar-refractivity contribution in [3.05, 3.63) is 246 Å². The molecule has 2 aliphatic carbocycles. The smallest absolute Gasteiger partial charge is 0.164 e. The van der Waals surface area contributed by atoms with E-state index < -0.39 is 0 Å². The fraction of sp³-hybridized carbons (Fsp3) is 0.0857. The maximum absolute atomic E-state index is 10.8. The van der Waals surface area contributed by atoms with Gasteiger partial charge < -0.3 is 9.13 Å². The molecule has 3 aromatic heterocycles. The number of hydrogen-bond acceptors (Lipinski definition) is 4. The van der Waals surface area contributed by atoms with Crippen LogP contribution in [0.1, 0.15) is 55.5 Å². The molecule has 0 N–H and O–H groups in total. The number of nitrogens with zero attached hydrogens (tertiary/aromatic N) is 6. The molecule has 6 nitrogen and oxygen atoms in total. The van der Waals surface area contributed by atoms with Gasteiger partial charge in [0.05, 0.1) is 45.1 Å². The van der Waals surface area contributed by atoms with Crippen molar-refractivity contribution < 1.29 is 0 Å². The molecule has 0 fully saturated rings. The maximum Gasteiger partial charge on any atom is 0.164 e. The number of benzene rings is 10. The van der Waals surface area contributed by atoms with Gasteiger partial charge in [0.1, 0.15) is 0 Å². The highest BCUT2D eigenvalue weighted by Crippen LogP contribution is 2.56. The maximum atomic E-state index is 10.8. The van der Waals surface area contributed by atoms with Crippen LogP contribution in [0.25, 0.3) is 123 Å². The Kier molecular flexibility index (Phi) is 9.32. The lowest BCUT2D eigenvalue weighted by atomic mass is 9.80. The topological polar surface area (TPSA) is 72.3 Å². The van der Waals surface area contributed by atoms with Crippen LogP contribution in [0.5, 0.6) is 0 Å². The van der Waals surface area contributed by atoms with Crippen LogP contribution >= 0.6 is 0 Å². The van der Waals surface area contributed by atoms with Crippen LogP contribution in [0.15, 0.2) is 218 Å². The highest BCUT2D eigenvalue weighted by Gasteiger charge is 2.40. The number of hydrogen-bond donors (Lipinski definition) is 0. The van der Waals surface area contributed by atoms with E-state index in [9.17, 15) is 5.26 Å². The Morgan fingerprint density at radius 3 is 1.26 bits per heavy atom. The minimum atomic E-state index is -0.259. The van der Waals surface area contributed by atoms with Crippen LogP contribution in [0.2, 0.25) is 0 Å². The number of rotatable bonds is 6. The summed E-state index contributed by atoms with van der Waals surface area (Å²) in [4.78, 5) is 15.6. The lowest BCUT2D eigenvalue weighted by Crippen LogP contribution is -2.15. The van der Waals surface area contributed by atoms with Crippen LogP contribution in [0, 0.1) is 11.3 Å². The van der Waals surface area contributed by atoms with Crippen LogP contribution in [0.3, 0.4) is 0 Å². The molecule has 6 heteroatoms. The molecular formula is C70H48N6. The normalized spacial score (nSPS) is 13.7. The highest BCUT2D eigenvalue weighted by molar-refractivity contribution is 6.16. The predicted molar refractivity (Wildman–Crippen MR) is 310 cm³/mol. The third kappa shape index (κ3) is 6.17. The van der Waals surface area contributed by atoms with E-state index in [0.29, 0.717) is 23.0 Å². The van der Waals surface area contributed by atoms with Crippen LogP contribution < -0.4 is 0 Å². The fourth-order valence-corrected chi connectivity index (χ4v) is 13.2. The average Bonchev–Trinajstić information content (AvgIpc) is 4.15. The number of nitriles is 1. The van der Waals surface area contributed by atoms with Gasteiger partial charge >= 0.3 is 0 Å². The summed E-state index contributed by atoms with van der Waals surface area (Å²) in [5, 5.41) is 15.6. The average molecular weight is 973 g/mol. The van der Waals surface area contributed by atoms with Gasteiger partial charge in [-0.15, -0.1) is 0 Å². The van der Waals surface area contributed by atoms with Gasteiger partial charge in [0.15, 0.2) is 17.5 Å². The van der Waals surface area contributed by atoms with Crippen molar-refractivity contribution in [1.29, 1.82) is 5.26 Å². The largest absolute Gasteiger partial charge is 0.309 e. The van der Waals surface area contributed by atoms with Crippen molar-refractivity contribution in [3.63, 3.8) is 0 Å². The molecule has 358 valence electrons. The van der Waals surface area contributed by atoms with E-state index in [1.807, 2.05) is 66.7 Å². The predicted octanol–water partition coefficient (Wildman–Crippen LogP) is 17.2. The Bertz CT molecular complexity index is 4590.